The van der Waals surface area contributed by atoms with Crippen LogP contribution in [0.3, 0.4) is 0 Å². The molecule has 0 saturated heterocycles. The lowest BCUT2D eigenvalue weighted by Gasteiger charge is -2.16. The van der Waals surface area contributed by atoms with E-state index in [1.807, 2.05) is 0 Å². The van der Waals surface area contributed by atoms with E-state index in [-0.39, 0.29) is 10.6 Å². The van der Waals surface area contributed by atoms with Crippen LogP contribution in [-0.4, -0.2) is 22.5 Å². The molecule has 1 aliphatic rings. The number of nitro groups is 1. The number of hydrogen-bond donors (Lipinski definition) is 2. The minimum Gasteiger partial charge on any atom is -0.370 e. The molecule has 0 unspecified atom stereocenters. The first-order valence-electron chi connectivity index (χ1n) is 4.40. The highest BCUT2D eigenvalue weighted by molar-refractivity contribution is 6.33. The van der Waals surface area contributed by atoms with Crippen molar-refractivity contribution >= 4 is 23.2 Å². The molecule has 0 spiro atoms. The second-order valence-corrected chi connectivity index (χ2v) is 3.87. The largest absolute Gasteiger partial charge is 0.370 e. The molecule has 84 valence electrons. The highest BCUT2D eigenvalue weighted by Crippen LogP contribution is 2.40. The van der Waals surface area contributed by atoms with Gasteiger partial charge in [-0.25, -0.2) is 0 Å². The number of carbonyl (C=O) groups is 1. The third-order valence-corrected chi connectivity index (χ3v) is 2.72. The number of hydrogen-bond acceptors (Lipinski definition) is 4. The van der Waals surface area contributed by atoms with E-state index in [0.29, 0.717) is 5.69 Å². The summed E-state index contributed by atoms with van der Waals surface area (Å²) in [6, 6.07) is 4.57. The maximum Gasteiger partial charge on any atom is 0.268 e. The summed E-state index contributed by atoms with van der Waals surface area (Å²) in [4.78, 5) is 21.2. The van der Waals surface area contributed by atoms with E-state index in [4.69, 9.17) is 11.6 Å². The maximum atomic E-state index is 11.5. The molecule has 2 rings (SSSR count). The van der Waals surface area contributed by atoms with E-state index in [1.165, 1.54) is 12.1 Å². The number of halogens is 1. The van der Waals surface area contributed by atoms with E-state index in [1.54, 1.807) is 6.07 Å². The summed E-state index contributed by atoms with van der Waals surface area (Å²) in [5.41, 5.74) is -1.81. The third kappa shape index (κ3) is 1.43. The fourth-order valence-electron chi connectivity index (χ4n) is 1.73. The van der Waals surface area contributed by atoms with Crippen LogP contribution in [0.2, 0.25) is 5.02 Å². The fourth-order valence-corrected chi connectivity index (χ4v) is 2.06. The zero-order valence-electron chi connectivity index (χ0n) is 7.94. The molecule has 1 aromatic carbocycles. The minimum atomic E-state index is -2.18. The van der Waals surface area contributed by atoms with Gasteiger partial charge in [0.15, 0.2) is 0 Å². The maximum absolute atomic E-state index is 11.5. The van der Waals surface area contributed by atoms with Crippen LogP contribution in [0.4, 0.5) is 5.69 Å². The molecule has 1 heterocycles. The predicted molar refractivity (Wildman–Crippen MR) is 55.8 cm³/mol. The van der Waals surface area contributed by atoms with Crippen molar-refractivity contribution in [1.29, 1.82) is 0 Å². The minimum absolute atomic E-state index is 0.0679. The Balaban J connectivity index is 2.58. The van der Waals surface area contributed by atoms with Crippen molar-refractivity contribution in [2.24, 2.45) is 0 Å². The number of benzene rings is 1. The number of nitrogens with zero attached hydrogens (tertiary/aromatic N) is 1. The van der Waals surface area contributed by atoms with E-state index >= 15 is 0 Å². The molecule has 1 aromatic rings. The molecule has 1 aliphatic heterocycles. The first kappa shape index (κ1) is 10.8. The van der Waals surface area contributed by atoms with Gasteiger partial charge in [0.05, 0.1) is 0 Å². The number of anilines is 1. The number of rotatable bonds is 2. The molecular weight excluding hydrogens is 236 g/mol. The lowest BCUT2D eigenvalue weighted by molar-refractivity contribution is -0.498. The predicted octanol–water partition coefficient (Wildman–Crippen LogP) is 0.756. The molecular formula is C9H7ClN2O4. The Morgan fingerprint density at radius 2 is 2.25 bits per heavy atom. The lowest BCUT2D eigenvalue weighted by atomic mass is 9.95. The Morgan fingerprint density at radius 3 is 2.88 bits per heavy atom. The molecule has 0 aromatic heterocycles. The first-order valence-corrected chi connectivity index (χ1v) is 4.77. The molecule has 0 fully saturated rings. The van der Waals surface area contributed by atoms with E-state index < -0.39 is 23.0 Å². The Morgan fingerprint density at radius 1 is 1.56 bits per heavy atom. The number of amides is 1. The van der Waals surface area contributed by atoms with Crippen molar-refractivity contribution < 1.29 is 14.8 Å². The van der Waals surface area contributed by atoms with Gasteiger partial charge in [-0.15, -0.1) is 0 Å². The van der Waals surface area contributed by atoms with Gasteiger partial charge in [-0.05, 0) is 12.1 Å². The number of carbonyl (C=O) groups excluding carboxylic acids is 1. The molecule has 2 N–H and O–H groups in total. The molecule has 1 amide bonds. The zero-order valence-corrected chi connectivity index (χ0v) is 8.69. The van der Waals surface area contributed by atoms with E-state index in [2.05, 4.69) is 5.32 Å². The topological polar surface area (TPSA) is 92.5 Å². The third-order valence-electron chi connectivity index (χ3n) is 2.41. The Kier molecular flexibility index (Phi) is 2.32. The molecule has 0 aliphatic carbocycles. The summed E-state index contributed by atoms with van der Waals surface area (Å²) in [6.07, 6.45) is 0. The Bertz CT molecular complexity index is 490. The second kappa shape index (κ2) is 3.43. The van der Waals surface area contributed by atoms with Crippen LogP contribution >= 0.6 is 11.6 Å². The van der Waals surface area contributed by atoms with Gasteiger partial charge in [-0.2, -0.15) is 0 Å². The van der Waals surface area contributed by atoms with Gasteiger partial charge in [0.2, 0.25) is 12.1 Å². The quantitative estimate of drug-likeness (QED) is 0.591. The monoisotopic (exact) mass is 242 g/mol. The lowest BCUT2D eigenvalue weighted by Crippen LogP contribution is -2.41. The summed E-state index contributed by atoms with van der Waals surface area (Å²) < 4.78 is 0. The zero-order chi connectivity index (χ0) is 11.9. The number of aliphatic hydroxyl groups is 1. The van der Waals surface area contributed by atoms with Crippen LogP contribution in [0.5, 0.6) is 0 Å². The SMILES string of the molecule is O=C1Nc2cccc(Cl)c2[C@@]1(O)C[N+](=O)[O-]. The summed E-state index contributed by atoms with van der Waals surface area (Å²) in [6.45, 7) is -0.907. The second-order valence-electron chi connectivity index (χ2n) is 3.47. The summed E-state index contributed by atoms with van der Waals surface area (Å²) >= 11 is 5.83. The molecule has 16 heavy (non-hydrogen) atoms. The summed E-state index contributed by atoms with van der Waals surface area (Å²) in [5.74, 6) is -0.827. The fraction of sp³-hybridized carbons (Fsp3) is 0.222. The number of nitrogens with one attached hydrogen (secondary N) is 1. The van der Waals surface area contributed by atoms with Crippen molar-refractivity contribution in [1.82, 2.24) is 0 Å². The average molecular weight is 243 g/mol. The summed E-state index contributed by atoms with van der Waals surface area (Å²) in [5, 5.41) is 23.0. The van der Waals surface area contributed by atoms with Crippen LogP contribution in [-0.2, 0) is 10.4 Å². The normalized spacial score (nSPS) is 22.8. The Hall–Kier alpha value is -1.66. The van der Waals surface area contributed by atoms with Crippen molar-refractivity contribution in [3.8, 4) is 0 Å². The Labute approximate surface area is 95.0 Å². The van der Waals surface area contributed by atoms with Crippen LogP contribution < -0.4 is 5.32 Å². The molecule has 0 bridgehead atoms. The van der Waals surface area contributed by atoms with Crippen molar-refractivity contribution in [2.45, 2.75) is 5.60 Å². The van der Waals surface area contributed by atoms with Crippen molar-refractivity contribution in [3.05, 3.63) is 38.9 Å². The molecule has 0 radical (unpaired) electrons. The van der Waals surface area contributed by atoms with Gasteiger partial charge < -0.3 is 10.4 Å². The molecule has 6 nitrogen and oxygen atoms in total. The van der Waals surface area contributed by atoms with Crippen LogP contribution in [0.15, 0.2) is 18.2 Å². The van der Waals surface area contributed by atoms with Crippen LogP contribution in [0.25, 0.3) is 0 Å². The van der Waals surface area contributed by atoms with Crippen molar-refractivity contribution in [3.63, 3.8) is 0 Å². The molecule has 0 saturated carbocycles. The van der Waals surface area contributed by atoms with Crippen LogP contribution in [0.1, 0.15) is 5.56 Å². The van der Waals surface area contributed by atoms with Gasteiger partial charge in [0.25, 0.3) is 5.91 Å². The highest BCUT2D eigenvalue weighted by Gasteiger charge is 2.51. The van der Waals surface area contributed by atoms with E-state index in [0.717, 1.165) is 0 Å². The first-order chi connectivity index (χ1) is 7.45. The van der Waals surface area contributed by atoms with Gasteiger partial charge in [0, 0.05) is 21.2 Å². The number of fused-ring (bicyclic) bond motifs is 1. The molecule has 1 atom stereocenters. The summed E-state index contributed by atoms with van der Waals surface area (Å²) in [7, 11) is 0. The van der Waals surface area contributed by atoms with Crippen LogP contribution in [0, 0.1) is 10.1 Å². The standard InChI is InChI=1S/C9H7ClN2O4/c10-5-2-1-3-6-7(5)9(14,4-12(15)16)8(13)11-6/h1-3,14H,4H2,(H,11,13)/t9-/m0/s1. The van der Waals surface area contributed by atoms with Gasteiger partial charge >= 0.3 is 0 Å². The van der Waals surface area contributed by atoms with Gasteiger partial charge in [-0.3, -0.25) is 14.9 Å². The molecule has 7 heteroatoms. The highest BCUT2D eigenvalue weighted by atomic mass is 35.5. The van der Waals surface area contributed by atoms with Gasteiger partial charge in [0.1, 0.15) is 0 Å². The average Bonchev–Trinajstić information content (AvgIpc) is 2.39. The van der Waals surface area contributed by atoms with E-state index in [9.17, 15) is 20.0 Å². The van der Waals surface area contributed by atoms with Gasteiger partial charge in [-0.1, -0.05) is 17.7 Å². The van der Waals surface area contributed by atoms with Crippen molar-refractivity contribution in [2.75, 3.05) is 11.9 Å². The smallest absolute Gasteiger partial charge is 0.268 e.